The van der Waals surface area contributed by atoms with Crippen LogP contribution in [-0.4, -0.2) is 14.7 Å². The first-order valence-corrected chi connectivity index (χ1v) is 9.13. The van der Waals surface area contributed by atoms with Crippen LogP contribution in [0.1, 0.15) is 22.7 Å². The third kappa shape index (κ3) is 4.47. The van der Waals surface area contributed by atoms with E-state index in [-0.39, 0.29) is 11.8 Å². The molecule has 2 rings (SSSR count). The molecule has 0 saturated carbocycles. The van der Waals surface area contributed by atoms with Crippen LogP contribution in [0.3, 0.4) is 0 Å². The van der Waals surface area contributed by atoms with Crippen molar-refractivity contribution in [3.05, 3.63) is 69.7 Å². The molecule has 1 atom stereocenters. The molecule has 0 radical (unpaired) electrons. The SMILES string of the molecule is CS(=O)(=O)Cc1ccc(C(N=N)c2ccc(Br)cc2)cc1. The lowest BCUT2D eigenvalue weighted by atomic mass is 9.99. The number of nitrogens with one attached hydrogen (secondary N) is 1. The van der Waals surface area contributed by atoms with Gasteiger partial charge in [0.05, 0.1) is 5.75 Å². The van der Waals surface area contributed by atoms with Gasteiger partial charge in [-0.15, -0.1) is 0 Å². The molecule has 0 amide bonds. The minimum Gasteiger partial charge on any atom is -0.229 e. The van der Waals surface area contributed by atoms with Crippen LogP contribution in [0.5, 0.6) is 0 Å². The van der Waals surface area contributed by atoms with Crippen molar-refractivity contribution < 1.29 is 8.42 Å². The van der Waals surface area contributed by atoms with Gasteiger partial charge in [-0.05, 0) is 28.8 Å². The summed E-state index contributed by atoms with van der Waals surface area (Å²) in [5, 5.41) is 3.68. The van der Waals surface area contributed by atoms with Crippen LogP contribution in [-0.2, 0) is 15.6 Å². The lowest BCUT2D eigenvalue weighted by Crippen LogP contribution is -2.02. The molecule has 2 aromatic rings. The molecule has 0 aliphatic heterocycles. The molecule has 0 aliphatic rings. The first-order valence-electron chi connectivity index (χ1n) is 6.27. The van der Waals surface area contributed by atoms with Crippen molar-refractivity contribution in [2.45, 2.75) is 11.8 Å². The van der Waals surface area contributed by atoms with Crippen molar-refractivity contribution in [2.24, 2.45) is 5.11 Å². The van der Waals surface area contributed by atoms with Gasteiger partial charge in [-0.3, -0.25) is 0 Å². The van der Waals surface area contributed by atoms with Crippen molar-refractivity contribution in [2.75, 3.05) is 6.26 Å². The fraction of sp³-hybridized carbons (Fsp3) is 0.200. The average molecular weight is 367 g/mol. The highest BCUT2D eigenvalue weighted by Crippen LogP contribution is 2.27. The van der Waals surface area contributed by atoms with Gasteiger partial charge in [0.1, 0.15) is 6.04 Å². The van der Waals surface area contributed by atoms with Gasteiger partial charge in [0, 0.05) is 10.7 Å². The smallest absolute Gasteiger partial charge is 0.151 e. The van der Waals surface area contributed by atoms with Gasteiger partial charge in [-0.2, -0.15) is 5.11 Å². The molecule has 1 unspecified atom stereocenters. The van der Waals surface area contributed by atoms with Crippen LogP contribution >= 0.6 is 15.9 Å². The van der Waals surface area contributed by atoms with Crippen LogP contribution in [0.4, 0.5) is 0 Å². The van der Waals surface area contributed by atoms with E-state index in [1.54, 1.807) is 12.1 Å². The number of sulfone groups is 1. The summed E-state index contributed by atoms with van der Waals surface area (Å²) in [4.78, 5) is 0. The Bertz CT molecular complexity index is 725. The summed E-state index contributed by atoms with van der Waals surface area (Å²) in [5.74, 6) is 0.0221. The minimum absolute atomic E-state index is 0.0221. The van der Waals surface area contributed by atoms with E-state index < -0.39 is 9.84 Å². The van der Waals surface area contributed by atoms with Gasteiger partial charge >= 0.3 is 0 Å². The molecule has 0 saturated heterocycles. The van der Waals surface area contributed by atoms with E-state index in [4.69, 9.17) is 5.53 Å². The van der Waals surface area contributed by atoms with Gasteiger partial charge in [-0.25, -0.2) is 13.9 Å². The van der Waals surface area contributed by atoms with E-state index in [1.165, 1.54) is 6.26 Å². The Morgan fingerprint density at radius 2 is 1.52 bits per heavy atom. The topological polar surface area (TPSA) is 70.3 Å². The second-order valence-corrected chi connectivity index (χ2v) is 7.95. The fourth-order valence-corrected chi connectivity index (χ4v) is 3.15. The molecule has 0 fully saturated rings. The molecule has 0 heterocycles. The Balaban J connectivity index is 2.27. The standard InChI is InChI=1S/C15H15BrN2O2S/c1-21(19,20)10-11-2-4-12(5-3-11)15(18-17)13-6-8-14(16)9-7-13/h2-9,15,17H,10H2,1H3. The van der Waals surface area contributed by atoms with E-state index in [9.17, 15) is 8.42 Å². The number of benzene rings is 2. The normalized spacial score (nSPS) is 12.9. The van der Waals surface area contributed by atoms with Gasteiger partial charge < -0.3 is 0 Å². The summed E-state index contributed by atoms with van der Waals surface area (Å²) in [7, 11) is -3.04. The largest absolute Gasteiger partial charge is 0.229 e. The van der Waals surface area contributed by atoms with E-state index in [2.05, 4.69) is 21.0 Å². The lowest BCUT2D eigenvalue weighted by molar-refractivity contribution is 0.601. The molecule has 110 valence electrons. The summed E-state index contributed by atoms with van der Waals surface area (Å²) in [6.07, 6.45) is 1.21. The first kappa shape index (κ1) is 15.9. The van der Waals surface area contributed by atoms with Crippen LogP contribution in [0, 0.1) is 5.53 Å². The molecule has 1 N–H and O–H groups in total. The van der Waals surface area contributed by atoms with Gasteiger partial charge in [0.25, 0.3) is 0 Å². The second-order valence-electron chi connectivity index (χ2n) is 4.89. The van der Waals surface area contributed by atoms with Crippen molar-refractivity contribution in [1.82, 2.24) is 0 Å². The summed E-state index contributed by atoms with van der Waals surface area (Å²) in [5.41, 5.74) is 9.93. The molecule has 0 bridgehead atoms. The maximum Gasteiger partial charge on any atom is 0.151 e. The quantitative estimate of drug-likeness (QED) is 0.808. The summed E-state index contributed by atoms with van der Waals surface area (Å²) in [6.45, 7) is 0. The molecular formula is C15H15BrN2O2S. The molecule has 0 aliphatic carbocycles. The highest BCUT2D eigenvalue weighted by Gasteiger charge is 2.13. The lowest BCUT2D eigenvalue weighted by Gasteiger charge is -2.12. The zero-order valence-electron chi connectivity index (χ0n) is 11.5. The molecule has 0 spiro atoms. The highest BCUT2D eigenvalue weighted by atomic mass is 79.9. The zero-order chi connectivity index (χ0) is 15.5. The average Bonchev–Trinajstić information content (AvgIpc) is 2.42. The third-order valence-corrected chi connectivity index (χ3v) is 4.43. The number of hydrogen-bond acceptors (Lipinski definition) is 4. The molecule has 21 heavy (non-hydrogen) atoms. The third-order valence-electron chi connectivity index (χ3n) is 3.04. The van der Waals surface area contributed by atoms with Crippen molar-refractivity contribution in [3.63, 3.8) is 0 Å². The van der Waals surface area contributed by atoms with Gasteiger partial charge in [-0.1, -0.05) is 52.3 Å². The number of hydrogen-bond donors (Lipinski definition) is 1. The van der Waals surface area contributed by atoms with Crippen LogP contribution in [0.25, 0.3) is 0 Å². The predicted octanol–water partition coefficient (Wildman–Crippen LogP) is 4.11. The summed E-state index contributed by atoms with van der Waals surface area (Å²) >= 11 is 3.38. The zero-order valence-corrected chi connectivity index (χ0v) is 13.9. The molecule has 6 heteroatoms. The maximum atomic E-state index is 11.3. The second kappa shape index (κ2) is 6.49. The Hall–Kier alpha value is -1.53. The number of rotatable bonds is 5. The Morgan fingerprint density at radius 3 is 1.95 bits per heavy atom. The first-order chi connectivity index (χ1) is 9.89. The summed E-state index contributed by atoms with van der Waals surface area (Å²) in [6, 6.07) is 14.5. The van der Waals surface area contributed by atoms with E-state index in [0.717, 1.165) is 21.2 Å². The predicted molar refractivity (Wildman–Crippen MR) is 86.1 cm³/mol. The number of halogens is 1. The number of nitrogens with zero attached hydrogens (tertiary/aromatic N) is 1. The molecular weight excluding hydrogens is 352 g/mol. The van der Waals surface area contributed by atoms with Crippen molar-refractivity contribution in [3.8, 4) is 0 Å². The fourth-order valence-electron chi connectivity index (χ4n) is 2.09. The highest BCUT2D eigenvalue weighted by molar-refractivity contribution is 9.10. The molecule has 0 aromatic heterocycles. The monoisotopic (exact) mass is 366 g/mol. The summed E-state index contributed by atoms with van der Waals surface area (Å²) < 4.78 is 23.5. The van der Waals surface area contributed by atoms with E-state index in [0.29, 0.717) is 0 Å². The minimum atomic E-state index is -3.04. The Kier molecular flexibility index (Phi) is 4.90. The van der Waals surface area contributed by atoms with Gasteiger partial charge in [0.2, 0.25) is 0 Å². The van der Waals surface area contributed by atoms with Crippen molar-refractivity contribution >= 4 is 25.8 Å². The molecule has 4 nitrogen and oxygen atoms in total. The van der Waals surface area contributed by atoms with E-state index >= 15 is 0 Å². The van der Waals surface area contributed by atoms with Crippen LogP contribution in [0.15, 0.2) is 58.1 Å². The molecule has 2 aromatic carbocycles. The van der Waals surface area contributed by atoms with Crippen LogP contribution < -0.4 is 0 Å². The van der Waals surface area contributed by atoms with E-state index in [1.807, 2.05) is 36.4 Å². The Labute approximate surface area is 132 Å². The Morgan fingerprint density at radius 1 is 1.05 bits per heavy atom. The van der Waals surface area contributed by atoms with Gasteiger partial charge in [0.15, 0.2) is 9.84 Å². The van der Waals surface area contributed by atoms with Crippen molar-refractivity contribution in [1.29, 1.82) is 5.53 Å². The van der Waals surface area contributed by atoms with Crippen LogP contribution in [0.2, 0.25) is 0 Å². The maximum absolute atomic E-state index is 11.3.